The molecule has 0 aliphatic carbocycles. The summed E-state index contributed by atoms with van der Waals surface area (Å²) < 4.78 is 15.4. The molecule has 0 saturated carbocycles. The fourth-order valence-corrected chi connectivity index (χ4v) is 3.91. The molecule has 9 nitrogen and oxygen atoms in total. The molecule has 0 bridgehead atoms. The van der Waals surface area contributed by atoms with Crippen molar-refractivity contribution in [1.29, 1.82) is 0 Å². The largest absolute Gasteiger partial charge is 0.472 e. The van der Waals surface area contributed by atoms with Gasteiger partial charge in [-0.1, -0.05) is 5.16 Å². The van der Waals surface area contributed by atoms with Crippen LogP contribution >= 0.6 is 0 Å². The fraction of sp³-hybridized carbons (Fsp3) is 0.529. The summed E-state index contributed by atoms with van der Waals surface area (Å²) in [5.41, 5.74) is 0.247. The van der Waals surface area contributed by atoms with Gasteiger partial charge in [-0.05, 0) is 13.0 Å². The molecule has 2 amide bonds. The van der Waals surface area contributed by atoms with Crippen molar-refractivity contribution in [3.63, 3.8) is 0 Å². The van der Waals surface area contributed by atoms with Crippen molar-refractivity contribution in [3.05, 3.63) is 35.9 Å². The van der Waals surface area contributed by atoms with Gasteiger partial charge in [0.15, 0.2) is 5.82 Å². The van der Waals surface area contributed by atoms with Crippen LogP contribution in [0.4, 0.5) is 0 Å². The summed E-state index contributed by atoms with van der Waals surface area (Å²) >= 11 is 0. The van der Waals surface area contributed by atoms with Crippen LogP contribution in [0.5, 0.6) is 0 Å². The number of carbonyl (C=O) groups is 2. The van der Waals surface area contributed by atoms with Crippen LogP contribution in [-0.2, 0) is 9.53 Å². The van der Waals surface area contributed by atoms with Gasteiger partial charge in [-0.2, -0.15) is 4.98 Å². The molecule has 1 atom stereocenters. The summed E-state index contributed by atoms with van der Waals surface area (Å²) in [6, 6.07) is 1.65. The number of hydrogen-bond donors (Lipinski definition) is 0. The predicted molar refractivity (Wildman–Crippen MR) is 87.3 cm³/mol. The number of likely N-dealkylation sites (tertiary alicyclic amines) is 2. The quantitative estimate of drug-likeness (QED) is 0.790. The van der Waals surface area contributed by atoms with Crippen LogP contribution in [-0.4, -0.2) is 71.7 Å². The maximum absolute atomic E-state index is 12.5. The van der Waals surface area contributed by atoms with Crippen molar-refractivity contribution in [1.82, 2.24) is 19.9 Å². The third-order valence-electron chi connectivity index (χ3n) is 5.18. The van der Waals surface area contributed by atoms with Gasteiger partial charge in [-0.15, -0.1) is 0 Å². The van der Waals surface area contributed by atoms with E-state index in [9.17, 15) is 9.59 Å². The van der Waals surface area contributed by atoms with Crippen molar-refractivity contribution in [3.8, 4) is 0 Å². The van der Waals surface area contributed by atoms with E-state index in [-0.39, 0.29) is 29.8 Å². The number of carbonyl (C=O) groups excluding carboxylic acids is 2. The molecule has 4 rings (SSSR count). The van der Waals surface area contributed by atoms with E-state index in [2.05, 4.69) is 10.1 Å². The van der Waals surface area contributed by atoms with E-state index >= 15 is 0 Å². The molecule has 0 radical (unpaired) electrons. The Morgan fingerprint density at radius 2 is 2.12 bits per heavy atom. The van der Waals surface area contributed by atoms with Crippen LogP contribution < -0.4 is 0 Å². The molecule has 9 heteroatoms. The number of methoxy groups -OCH3 is 1. The molecule has 0 N–H and O–H groups in total. The Balaban J connectivity index is 1.54. The summed E-state index contributed by atoms with van der Waals surface area (Å²) in [4.78, 5) is 32.7. The maximum Gasteiger partial charge on any atom is 0.257 e. The minimum absolute atomic E-state index is 0.0311. The molecular formula is C17H20N4O5. The number of ether oxygens (including phenoxy) is 1. The lowest BCUT2D eigenvalue weighted by Gasteiger charge is -2.49. The van der Waals surface area contributed by atoms with Crippen LogP contribution in [0, 0.1) is 12.3 Å². The normalized spacial score (nSPS) is 21.2. The third-order valence-corrected chi connectivity index (χ3v) is 5.18. The number of aromatic nitrogens is 2. The van der Waals surface area contributed by atoms with Gasteiger partial charge in [0.2, 0.25) is 11.8 Å². The van der Waals surface area contributed by atoms with Crippen LogP contribution in [0.1, 0.15) is 28.0 Å². The Hall–Kier alpha value is -2.68. The Morgan fingerprint density at radius 1 is 1.35 bits per heavy atom. The first-order valence-electron chi connectivity index (χ1n) is 8.41. The highest BCUT2D eigenvalue weighted by atomic mass is 16.5. The monoisotopic (exact) mass is 360 g/mol. The number of amides is 2. The van der Waals surface area contributed by atoms with Gasteiger partial charge in [0.25, 0.3) is 5.91 Å². The maximum atomic E-state index is 12.5. The van der Waals surface area contributed by atoms with Gasteiger partial charge in [0, 0.05) is 38.7 Å². The van der Waals surface area contributed by atoms with Crippen LogP contribution in [0.25, 0.3) is 0 Å². The number of furan rings is 1. The van der Waals surface area contributed by atoms with Gasteiger partial charge < -0.3 is 23.5 Å². The van der Waals surface area contributed by atoms with Gasteiger partial charge >= 0.3 is 0 Å². The third kappa shape index (κ3) is 2.68. The molecule has 2 saturated heterocycles. The van der Waals surface area contributed by atoms with E-state index in [0.29, 0.717) is 43.5 Å². The van der Waals surface area contributed by atoms with Crippen LogP contribution in [0.15, 0.2) is 27.5 Å². The molecular weight excluding hydrogens is 340 g/mol. The average molecular weight is 360 g/mol. The topological polar surface area (TPSA) is 102 Å². The lowest BCUT2D eigenvalue weighted by Crippen LogP contribution is -2.61. The molecule has 2 fully saturated rings. The molecule has 2 aromatic heterocycles. The Labute approximate surface area is 149 Å². The van der Waals surface area contributed by atoms with E-state index in [0.717, 1.165) is 0 Å². The summed E-state index contributed by atoms with van der Waals surface area (Å²) in [6.45, 7) is 3.87. The summed E-state index contributed by atoms with van der Waals surface area (Å²) in [5, 5.41) is 3.88. The van der Waals surface area contributed by atoms with E-state index in [1.54, 1.807) is 22.8 Å². The van der Waals surface area contributed by atoms with Gasteiger partial charge in [0.05, 0.1) is 17.7 Å². The number of hydrogen-bond acceptors (Lipinski definition) is 7. The SMILES string of the molecule is COCC(=O)N1CC(c2nc(C)no2)C2(C1)CN(C(=O)c1ccoc1)C2. The highest BCUT2D eigenvalue weighted by Crippen LogP contribution is 2.49. The smallest absolute Gasteiger partial charge is 0.257 e. The molecule has 2 aromatic rings. The second-order valence-corrected chi connectivity index (χ2v) is 6.98. The summed E-state index contributed by atoms with van der Waals surface area (Å²) in [7, 11) is 1.50. The summed E-state index contributed by atoms with van der Waals surface area (Å²) in [6.07, 6.45) is 2.92. The van der Waals surface area contributed by atoms with Gasteiger partial charge in [-0.3, -0.25) is 9.59 Å². The highest BCUT2D eigenvalue weighted by molar-refractivity contribution is 5.94. The lowest BCUT2D eigenvalue weighted by atomic mass is 9.71. The lowest BCUT2D eigenvalue weighted by molar-refractivity contribution is -0.134. The number of aryl methyl sites for hydroxylation is 1. The standard InChI is InChI=1S/C17H20N4O5/c1-11-18-15(26-19-11)13-5-20(14(22)7-24-2)8-17(13)9-21(10-17)16(23)12-3-4-25-6-12/h3-4,6,13H,5,7-10H2,1-2H3. The second-order valence-electron chi connectivity index (χ2n) is 6.98. The van der Waals surface area contributed by atoms with Crippen molar-refractivity contribution < 1.29 is 23.3 Å². The fourth-order valence-electron chi connectivity index (χ4n) is 3.91. The van der Waals surface area contributed by atoms with Gasteiger partial charge in [-0.25, -0.2) is 0 Å². The molecule has 4 heterocycles. The van der Waals surface area contributed by atoms with Crippen LogP contribution in [0.3, 0.4) is 0 Å². The minimum Gasteiger partial charge on any atom is -0.472 e. The number of nitrogens with zero attached hydrogens (tertiary/aromatic N) is 4. The first kappa shape index (κ1) is 16.8. The van der Waals surface area contributed by atoms with Gasteiger partial charge in [0.1, 0.15) is 12.9 Å². The molecule has 0 aromatic carbocycles. The highest BCUT2D eigenvalue weighted by Gasteiger charge is 2.58. The Morgan fingerprint density at radius 3 is 2.73 bits per heavy atom. The van der Waals surface area contributed by atoms with E-state index in [1.165, 1.54) is 19.6 Å². The van der Waals surface area contributed by atoms with Crippen molar-refractivity contribution >= 4 is 11.8 Å². The van der Waals surface area contributed by atoms with E-state index < -0.39 is 0 Å². The number of rotatable bonds is 4. The van der Waals surface area contributed by atoms with E-state index in [1.807, 2.05) is 0 Å². The minimum atomic E-state index is -0.276. The first-order valence-corrected chi connectivity index (χ1v) is 8.41. The molecule has 2 aliphatic rings. The Kier molecular flexibility index (Phi) is 4.03. The molecule has 1 unspecified atom stereocenters. The van der Waals surface area contributed by atoms with E-state index in [4.69, 9.17) is 13.7 Å². The molecule has 138 valence electrons. The summed E-state index contributed by atoms with van der Waals surface area (Å²) in [5.74, 6) is 0.822. The zero-order chi connectivity index (χ0) is 18.3. The first-order chi connectivity index (χ1) is 12.5. The molecule has 26 heavy (non-hydrogen) atoms. The zero-order valence-electron chi connectivity index (χ0n) is 14.7. The molecule has 1 spiro atoms. The van der Waals surface area contributed by atoms with Crippen molar-refractivity contribution in [2.75, 3.05) is 39.9 Å². The molecule has 2 aliphatic heterocycles. The zero-order valence-corrected chi connectivity index (χ0v) is 14.7. The van der Waals surface area contributed by atoms with Crippen LogP contribution in [0.2, 0.25) is 0 Å². The van der Waals surface area contributed by atoms with Crippen molar-refractivity contribution in [2.45, 2.75) is 12.8 Å². The predicted octanol–water partition coefficient (Wildman–Crippen LogP) is 0.686. The van der Waals surface area contributed by atoms with Crippen molar-refractivity contribution in [2.24, 2.45) is 5.41 Å². The second kappa shape index (κ2) is 6.24. The average Bonchev–Trinajstić information content (AvgIpc) is 3.31. The Bertz CT molecular complexity index is 809.